The third-order valence-electron chi connectivity index (χ3n) is 4.35. The van der Waals surface area contributed by atoms with E-state index in [-0.39, 0.29) is 18.7 Å². The number of benzene rings is 2. The number of esters is 1. The fourth-order valence-electron chi connectivity index (χ4n) is 2.97. The number of amides is 2. The largest absolute Gasteiger partial charge is 0.507 e. The third-order valence-corrected chi connectivity index (χ3v) is 4.35. The standard InChI is InChI=1S/C20H18N2O7/c1-2-29-20(28)11-3-5-12(6-4-11)21-15-10-17(24)22(18(15)25)13-7-8-16(23)14(9-13)19(26)27/h3-9,15,21,23H,2,10H2,1H3,(H,26,27). The van der Waals surface area contributed by atoms with Gasteiger partial charge in [-0.3, -0.25) is 9.59 Å². The van der Waals surface area contributed by atoms with Gasteiger partial charge in [-0.25, -0.2) is 14.5 Å². The van der Waals surface area contributed by atoms with Crippen molar-refractivity contribution in [2.24, 2.45) is 0 Å². The molecule has 1 saturated heterocycles. The van der Waals surface area contributed by atoms with E-state index in [0.717, 1.165) is 17.0 Å². The number of aromatic carboxylic acids is 1. The Hall–Kier alpha value is -3.88. The first-order valence-corrected chi connectivity index (χ1v) is 8.78. The number of carboxylic acid groups (broad SMARTS) is 1. The second-order valence-corrected chi connectivity index (χ2v) is 6.27. The number of carboxylic acids is 1. The molecule has 1 heterocycles. The summed E-state index contributed by atoms with van der Waals surface area (Å²) in [6.07, 6.45) is -0.123. The van der Waals surface area contributed by atoms with Gasteiger partial charge in [0.15, 0.2) is 0 Å². The summed E-state index contributed by atoms with van der Waals surface area (Å²) in [6.45, 7) is 1.96. The van der Waals surface area contributed by atoms with Crippen LogP contribution in [0, 0.1) is 0 Å². The molecule has 2 aromatic carbocycles. The lowest BCUT2D eigenvalue weighted by Crippen LogP contribution is -2.34. The Kier molecular flexibility index (Phi) is 5.49. The molecule has 9 nitrogen and oxygen atoms in total. The van der Waals surface area contributed by atoms with Gasteiger partial charge in [0.25, 0.3) is 5.91 Å². The van der Waals surface area contributed by atoms with Crippen LogP contribution in [0.1, 0.15) is 34.1 Å². The molecule has 1 aliphatic rings. The minimum atomic E-state index is -1.38. The smallest absolute Gasteiger partial charge is 0.339 e. The molecule has 2 amide bonds. The van der Waals surface area contributed by atoms with Gasteiger partial charge in [0, 0.05) is 5.69 Å². The number of rotatable bonds is 6. The molecule has 9 heteroatoms. The molecule has 29 heavy (non-hydrogen) atoms. The van der Waals surface area contributed by atoms with E-state index >= 15 is 0 Å². The summed E-state index contributed by atoms with van der Waals surface area (Å²) in [5, 5.41) is 21.7. The molecule has 0 aliphatic carbocycles. The topological polar surface area (TPSA) is 133 Å². The highest BCUT2D eigenvalue weighted by atomic mass is 16.5. The minimum Gasteiger partial charge on any atom is -0.507 e. The molecule has 3 N–H and O–H groups in total. The van der Waals surface area contributed by atoms with E-state index in [1.807, 2.05) is 0 Å². The summed E-state index contributed by atoms with van der Waals surface area (Å²) in [4.78, 5) is 48.8. The van der Waals surface area contributed by atoms with Crippen molar-refractivity contribution in [2.45, 2.75) is 19.4 Å². The molecule has 1 aliphatic heterocycles. The van der Waals surface area contributed by atoms with Crippen molar-refractivity contribution in [3.05, 3.63) is 53.6 Å². The number of anilines is 2. The van der Waals surface area contributed by atoms with E-state index < -0.39 is 41.1 Å². The molecule has 0 radical (unpaired) electrons. The van der Waals surface area contributed by atoms with Gasteiger partial charge in [0.2, 0.25) is 5.91 Å². The lowest BCUT2D eigenvalue weighted by molar-refractivity contribution is -0.121. The number of hydrogen-bond acceptors (Lipinski definition) is 7. The number of nitrogens with one attached hydrogen (secondary N) is 1. The number of nitrogens with zero attached hydrogens (tertiary/aromatic N) is 1. The maximum Gasteiger partial charge on any atom is 0.339 e. The van der Waals surface area contributed by atoms with Gasteiger partial charge in [-0.2, -0.15) is 0 Å². The fourth-order valence-corrected chi connectivity index (χ4v) is 2.97. The van der Waals surface area contributed by atoms with Gasteiger partial charge in [0.05, 0.1) is 24.3 Å². The van der Waals surface area contributed by atoms with Crippen LogP contribution in [0.5, 0.6) is 5.75 Å². The zero-order valence-electron chi connectivity index (χ0n) is 15.4. The first-order chi connectivity index (χ1) is 13.8. The van der Waals surface area contributed by atoms with Crippen LogP contribution in [-0.2, 0) is 14.3 Å². The normalized spacial score (nSPS) is 16.0. The highest BCUT2D eigenvalue weighted by Crippen LogP contribution is 2.29. The van der Waals surface area contributed by atoms with Crippen LogP contribution in [0.25, 0.3) is 0 Å². The van der Waals surface area contributed by atoms with Gasteiger partial charge in [0.1, 0.15) is 17.4 Å². The molecule has 0 saturated carbocycles. The molecule has 1 fully saturated rings. The fraction of sp³-hybridized carbons (Fsp3) is 0.200. The SMILES string of the molecule is CCOC(=O)c1ccc(NC2CC(=O)N(c3ccc(O)c(C(=O)O)c3)C2=O)cc1. The van der Waals surface area contributed by atoms with Crippen LogP contribution in [0.3, 0.4) is 0 Å². The second kappa shape index (κ2) is 8.01. The van der Waals surface area contributed by atoms with E-state index in [4.69, 9.17) is 9.84 Å². The number of phenols is 1. The molecular formula is C20H18N2O7. The van der Waals surface area contributed by atoms with Crippen LogP contribution < -0.4 is 10.2 Å². The number of imide groups is 1. The van der Waals surface area contributed by atoms with E-state index in [1.165, 1.54) is 6.07 Å². The van der Waals surface area contributed by atoms with Crippen molar-refractivity contribution in [1.82, 2.24) is 0 Å². The van der Waals surface area contributed by atoms with Gasteiger partial charge in [-0.1, -0.05) is 0 Å². The lowest BCUT2D eigenvalue weighted by atomic mass is 10.1. The summed E-state index contributed by atoms with van der Waals surface area (Å²) in [7, 11) is 0. The molecule has 150 valence electrons. The number of aromatic hydroxyl groups is 1. The molecule has 0 aromatic heterocycles. The number of carbonyl (C=O) groups is 4. The predicted octanol–water partition coefficient (Wildman–Crippen LogP) is 2.01. The molecule has 1 unspecified atom stereocenters. The third kappa shape index (κ3) is 4.03. The summed E-state index contributed by atoms with van der Waals surface area (Å²) in [5.41, 5.74) is 0.548. The van der Waals surface area contributed by atoms with Crippen molar-refractivity contribution in [3.8, 4) is 5.75 Å². The van der Waals surface area contributed by atoms with Crippen LogP contribution in [0.4, 0.5) is 11.4 Å². The summed E-state index contributed by atoms with van der Waals surface area (Å²) >= 11 is 0. The Morgan fingerprint density at radius 1 is 1.17 bits per heavy atom. The Morgan fingerprint density at radius 3 is 2.48 bits per heavy atom. The highest BCUT2D eigenvalue weighted by Gasteiger charge is 2.40. The average molecular weight is 398 g/mol. The van der Waals surface area contributed by atoms with Gasteiger partial charge < -0.3 is 20.3 Å². The zero-order valence-corrected chi connectivity index (χ0v) is 15.4. The number of carbonyl (C=O) groups excluding carboxylic acids is 3. The van der Waals surface area contributed by atoms with Crippen LogP contribution in [0.15, 0.2) is 42.5 Å². The van der Waals surface area contributed by atoms with Crippen molar-refractivity contribution < 1.29 is 34.1 Å². The Bertz CT molecular complexity index is 985. The Balaban J connectivity index is 1.76. The number of hydrogen-bond donors (Lipinski definition) is 3. The Morgan fingerprint density at radius 2 is 1.86 bits per heavy atom. The minimum absolute atomic E-state index is 0.0668. The molecule has 0 bridgehead atoms. The maximum atomic E-state index is 12.7. The molecule has 0 spiro atoms. The van der Waals surface area contributed by atoms with Crippen molar-refractivity contribution in [3.63, 3.8) is 0 Å². The molecule has 1 atom stereocenters. The first kappa shape index (κ1) is 19.9. The van der Waals surface area contributed by atoms with Gasteiger partial charge in [-0.05, 0) is 49.4 Å². The van der Waals surface area contributed by atoms with Crippen molar-refractivity contribution in [2.75, 3.05) is 16.8 Å². The van der Waals surface area contributed by atoms with E-state index in [9.17, 15) is 24.3 Å². The van der Waals surface area contributed by atoms with Crippen LogP contribution in [0.2, 0.25) is 0 Å². The van der Waals surface area contributed by atoms with Crippen LogP contribution >= 0.6 is 0 Å². The Labute approximate surface area is 165 Å². The summed E-state index contributed by atoms with van der Waals surface area (Å²) in [6, 6.07) is 8.91. The van der Waals surface area contributed by atoms with Gasteiger partial charge in [-0.15, -0.1) is 0 Å². The molecule has 2 aromatic rings. The molecular weight excluding hydrogens is 380 g/mol. The van der Waals surface area contributed by atoms with E-state index in [0.29, 0.717) is 11.3 Å². The van der Waals surface area contributed by atoms with Crippen molar-refractivity contribution >= 4 is 35.1 Å². The highest BCUT2D eigenvalue weighted by molar-refractivity contribution is 6.23. The van der Waals surface area contributed by atoms with Crippen molar-refractivity contribution in [1.29, 1.82) is 0 Å². The predicted molar refractivity (Wildman–Crippen MR) is 102 cm³/mol. The quantitative estimate of drug-likeness (QED) is 0.497. The first-order valence-electron chi connectivity index (χ1n) is 8.78. The van der Waals surface area contributed by atoms with Gasteiger partial charge >= 0.3 is 11.9 Å². The van der Waals surface area contributed by atoms with Crippen LogP contribution in [-0.4, -0.2) is 46.6 Å². The summed E-state index contributed by atoms with van der Waals surface area (Å²) < 4.78 is 4.91. The second-order valence-electron chi connectivity index (χ2n) is 6.27. The lowest BCUT2D eigenvalue weighted by Gasteiger charge is -2.17. The van der Waals surface area contributed by atoms with E-state index in [1.54, 1.807) is 31.2 Å². The molecule has 3 rings (SSSR count). The monoisotopic (exact) mass is 398 g/mol. The summed E-state index contributed by atoms with van der Waals surface area (Å²) in [5.74, 6) is -3.35. The zero-order chi connectivity index (χ0) is 21.1. The number of ether oxygens (including phenoxy) is 1. The maximum absolute atomic E-state index is 12.7. The average Bonchev–Trinajstić information content (AvgIpc) is 2.96. The van der Waals surface area contributed by atoms with E-state index in [2.05, 4.69) is 5.32 Å².